The van der Waals surface area contributed by atoms with Gasteiger partial charge in [-0.25, -0.2) is 4.79 Å². The van der Waals surface area contributed by atoms with E-state index in [4.69, 9.17) is 9.47 Å². The van der Waals surface area contributed by atoms with Gasteiger partial charge in [0.25, 0.3) is 0 Å². The highest BCUT2D eigenvalue weighted by Gasteiger charge is 2.28. The zero-order valence-corrected chi connectivity index (χ0v) is 12.4. The number of rotatable bonds is 4. The molecule has 0 spiro atoms. The molecule has 0 amide bonds. The van der Waals surface area contributed by atoms with Crippen LogP contribution in [0.2, 0.25) is 0 Å². The lowest BCUT2D eigenvalue weighted by molar-refractivity contribution is -0.142. The minimum absolute atomic E-state index is 0.101. The van der Waals surface area contributed by atoms with Crippen molar-refractivity contribution in [3.8, 4) is 0 Å². The molecule has 20 heavy (non-hydrogen) atoms. The summed E-state index contributed by atoms with van der Waals surface area (Å²) in [6, 6.07) is 7.30. The summed E-state index contributed by atoms with van der Waals surface area (Å²) in [4.78, 5) is 22.7. The molecule has 0 radical (unpaired) electrons. The smallest absolute Gasteiger partial charge is 0.338 e. The Morgan fingerprint density at radius 1 is 1.25 bits per heavy atom. The van der Waals surface area contributed by atoms with E-state index in [9.17, 15) is 9.59 Å². The summed E-state index contributed by atoms with van der Waals surface area (Å²) in [5, 5.41) is 0.203. The zero-order chi connectivity index (χ0) is 14.5. The van der Waals surface area contributed by atoms with Crippen molar-refractivity contribution in [2.75, 3.05) is 6.61 Å². The molecule has 0 aliphatic carbocycles. The highest BCUT2D eigenvalue weighted by Crippen LogP contribution is 2.34. The van der Waals surface area contributed by atoms with Gasteiger partial charge >= 0.3 is 11.9 Å². The van der Waals surface area contributed by atoms with Crippen LogP contribution < -0.4 is 0 Å². The van der Waals surface area contributed by atoms with E-state index in [-0.39, 0.29) is 22.6 Å². The van der Waals surface area contributed by atoms with Crippen LogP contribution in [0.1, 0.15) is 35.7 Å². The van der Waals surface area contributed by atoms with Crippen LogP contribution in [0.25, 0.3) is 0 Å². The van der Waals surface area contributed by atoms with Gasteiger partial charge in [0.2, 0.25) is 0 Å². The Kier molecular flexibility index (Phi) is 5.06. The number of hydrogen-bond donors (Lipinski definition) is 0. The van der Waals surface area contributed by atoms with E-state index in [1.54, 1.807) is 23.9 Å². The lowest BCUT2D eigenvalue weighted by atomic mass is 10.1. The molecule has 1 aliphatic rings. The summed E-state index contributed by atoms with van der Waals surface area (Å²) >= 11 is 1.56. The van der Waals surface area contributed by atoms with Crippen LogP contribution >= 0.6 is 11.8 Å². The number of carbonyl (C=O) groups is 2. The van der Waals surface area contributed by atoms with Crippen LogP contribution in [0.3, 0.4) is 0 Å². The van der Waals surface area contributed by atoms with Gasteiger partial charge in [0.05, 0.1) is 5.56 Å². The number of esters is 2. The van der Waals surface area contributed by atoms with Gasteiger partial charge in [-0.3, -0.25) is 4.79 Å². The fourth-order valence-electron chi connectivity index (χ4n) is 2.01. The van der Waals surface area contributed by atoms with E-state index < -0.39 is 0 Å². The Morgan fingerprint density at radius 3 is 2.60 bits per heavy atom. The van der Waals surface area contributed by atoms with E-state index in [1.807, 2.05) is 19.1 Å². The van der Waals surface area contributed by atoms with Crippen molar-refractivity contribution in [3.05, 3.63) is 35.4 Å². The summed E-state index contributed by atoms with van der Waals surface area (Å²) in [6.45, 7) is 3.74. The Labute approximate surface area is 122 Å². The minimum Gasteiger partial charge on any atom is -0.461 e. The average Bonchev–Trinajstić information content (AvgIpc) is 2.83. The molecule has 0 bridgehead atoms. The maximum Gasteiger partial charge on any atom is 0.338 e. The maximum atomic E-state index is 11.9. The number of benzene rings is 1. The largest absolute Gasteiger partial charge is 0.461 e. The van der Waals surface area contributed by atoms with Crippen molar-refractivity contribution in [2.45, 2.75) is 37.4 Å². The zero-order valence-electron chi connectivity index (χ0n) is 11.6. The molecular weight excluding hydrogens is 276 g/mol. The SMILES string of the molecule is CC(=O)OC1CC[C@H](COC(=O)c2ccc(C)cc2)S1. The molecule has 1 unspecified atom stereocenters. The monoisotopic (exact) mass is 294 g/mol. The number of carbonyl (C=O) groups excluding carboxylic acids is 2. The molecule has 1 aliphatic heterocycles. The predicted molar refractivity (Wildman–Crippen MR) is 77.6 cm³/mol. The number of thioether (sulfide) groups is 1. The normalized spacial score (nSPS) is 21.5. The van der Waals surface area contributed by atoms with Crippen molar-refractivity contribution in [1.29, 1.82) is 0 Å². The first-order valence-corrected chi connectivity index (χ1v) is 7.55. The Balaban J connectivity index is 1.77. The van der Waals surface area contributed by atoms with Crippen LogP contribution in [-0.4, -0.2) is 29.2 Å². The number of hydrogen-bond acceptors (Lipinski definition) is 5. The fraction of sp³-hybridized carbons (Fsp3) is 0.467. The van der Waals surface area contributed by atoms with E-state index in [0.29, 0.717) is 12.2 Å². The summed E-state index contributed by atoms with van der Waals surface area (Å²) in [7, 11) is 0. The van der Waals surface area contributed by atoms with Gasteiger partial charge in [-0.2, -0.15) is 0 Å². The highest BCUT2D eigenvalue weighted by atomic mass is 32.2. The first-order chi connectivity index (χ1) is 9.54. The molecule has 1 fully saturated rings. The molecule has 1 saturated heterocycles. The number of aryl methyl sites for hydroxylation is 1. The summed E-state index contributed by atoms with van der Waals surface area (Å²) in [5.41, 5.74) is 1.57. The van der Waals surface area contributed by atoms with Crippen molar-refractivity contribution in [1.82, 2.24) is 0 Å². The lowest BCUT2D eigenvalue weighted by Gasteiger charge is -2.12. The quantitative estimate of drug-likeness (QED) is 0.799. The van der Waals surface area contributed by atoms with Crippen molar-refractivity contribution < 1.29 is 19.1 Å². The molecule has 0 aromatic heterocycles. The second kappa shape index (κ2) is 6.79. The minimum atomic E-state index is -0.304. The first-order valence-electron chi connectivity index (χ1n) is 6.61. The molecule has 2 atom stereocenters. The third kappa shape index (κ3) is 4.27. The van der Waals surface area contributed by atoms with Gasteiger partial charge in [-0.1, -0.05) is 17.7 Å². The van der Waals surface area contributed by atoms with E-state index in [0.717, 1.165) is 18.4 Å². The standard InChI is InChI=1S/C15H18O4S/c1-10-3-5-12(6-4-10)15(17)18-9-13-7-8-14(20-13)19-11(2)16/h3-6,13-14H,7-9H2,1-2H3/t13-,14?/m1/s1. The second-order valence-corrected chi connectivity index (χ2v) is 6.30. The van der Waals surface area contributed by atoms with Crippen LogP contribution in [0.15, 0.2) is 24.3 Å². The Bertz CT molecular complexity index is 483. The van der Waals surface area contributed by atoms with Gasteiger partial charge in [0.1, 0.15) is 12.0 Å². The van der Waals surface area contributed by atoms with Gasteiger partial charge in [0, 0.05) is 12.2 Å². The van der Waals surface area contributed by atoms with Gasteiger partial charge in [-0.15, -0.1) is 11.8 Å². The van der Waals surface area contributed by atoms with Gasteiger partial charge < -0.3 is 9.47 Å². The molecule has 1 heterocycles. The topological polar surface area (TPSA) is 52.6 Å². The Hall–Kier alpha value is -1.49. The molecule has 0 N–H and O–H groups in total. The van der Waals surface area contributed by atoms with Gasteiger partial charge in [0.15, 0.2) is 0 Å². The van der Waals surface area contributed by atoms with E-state index >= 15 is 0 Å². The van der Waals surface area contributed by atoms with Crippen LogP contribution in [0, 0.1) is 6.92 Å². The van der Waals surface area contributed by atoms with E-state index in [1.165, 1.54) is 6.92 Å². The lowest BCUT2D eigenvalue weighted by Crippen LogP contribution is -2.14. The molecule has 1 aromatic carbocycles. The molecule has 5 heteroatoms. The molecule has 108 valence electrons. The van der Waals surface area contributed by atoms with Crippen molar-refractivity contribution in [3.63, 3.8) is 0 Å². The van der Waals surface area contributed by atoms with Crippen LogP contribution in [-0.2, 0) is 14.3 Å². The molecule has 4 nitrogen and oxygen atoms in total. The molecular formula is C15H18O4S. The van der Waals surface area contributed by atoms with Gasteiger partial charge in [-0.05, 0) is 31.9 Å². The second-order valence-electron chi connectivity index (χ2n) is 4.84. The summed E-state index contributed by atoms with van der Waals surface area (Å²) < 4.78 is 10.4. The molecule has 2 rings (SSSR count). The van der Waals surface area contributed by atoms with Crippen molar-refractivity contribution >= 4 is 23.7 Å². The van der Waals surface area contributed by atoms with Crippen LogP contribution in [0.5, 0.6) is 0 Å². The maximum absolute atomic E-state index is 11.9. The number of ether oxygens (including phenoxy) is 2. The third-order valence-corrected chi connectivity index (χ3v) is 4.45. The Morgan fingerprint density at radius 2 is 1.95 bits per heavy atom. The summed E-state index contributed by atoms with van der Waals surface area (Å²) in [5.74, 6) is -0.568. The highest BCUT2D eigenvalue weighted by molar-refractivity contribution is 8.00. The van der Waals surface area contributed by atoms with E-state index in [2.05, 4.69) is 0 Å². The van der Waals surface area contributed by atoms with Crippen LogP contribution in [0.4, 0.5) is 0 Å². The predicted octanol–water partition coefficient (Wildman–Crippen LogP) is 2.94. The molecule has 0 saturated carbocycles. The average molecular weight is 294 g/mol. The summed E-state index contributed by atoms with van der Waals surface area (Å²) in [6.07, 6.45) is 1.71. The molecule has 1 aromatic rings. The third-order valence-electron chi connectivity index (χ3n) is 3.05. The first kappa shape index (κ1) is 14.9. The fourth-order valence-corrected chi connectivity index (χ4v) is 3.32. The van der Waals surface area contributed by atoms with Crippen molar-refractivity contribution in [2.24, 2.45) is 0 Å².